The number of rotatable bonds is 1. The molecule has 1 aliphatic carbocycles. The molecule has 80 valence electrons. The van der Waals surface area contributed by atoms with Crippen LogP contribution in [0.1, 0.15) is 12.0 Å². The standard InChI is InChI=1S/C12H14N2.BrH/c13-11-6-8-12(14,9-7-11)10-4-2-1-3-5-10;/h1-8H,9,13-14H2;1H. The van der Waals surface area contributed by atoms with E-state index in [9.17, 15) is 0 Å². The van der Waals surface area contributed by atoms with E-state index in [-0.39, 0.29) is 22.5 Å². The van der Waals surface area contributed by atoms with E-state index in [1.807, 2.05) is 48.6 Å². The molecular weight excluding hydrogens is 252 g/mol. The van der Waals surface area contributed by atoms with Gasteiger partial charge in [-0.05, 0) is 18.1 Å². The molecule has 15 heavy (non-hydrogen) atoms. The molecule has 0 bridgehead atoms. The number of benzene rings is 1. The molecule has 0 radical (unpaired) electrons. The highest BCUT2D eigenvalue weighted by atomic mass is 79.9. The lowest BCUT2D eigenvalue weighted by atomic mass is 9.84. The molecule has 0 heterocycles. The molecule has 0 fully saturated rings. The molecule has 1 aromatic rings. The second-order valence-electron chi connectivity index (χ2n) is 3.65. The Labute approximate surface area is 100 Å². The lowest BCUT2D eigenvalue weighted by Gasteiger charge is -2.27. The molecule has 0 aliphatic heterocycles. The monoisotopic (exact) mass is 266 g/mol. The van der Waals surface area contributed by atoms with Crippen LogP contribution in [0.15, 0.2) is 54.3 Å². The Morgan fingerprint density at radius 2 is 1.80 bits per heavy atom. The molecule has 1 unspecified atom stereocenters. The van der Waals surface area contributed by atoms with Crippen LogP contribution in [0.2, 0.25) is 0 Å². The van der Waals surface area contributed by atoms with Crippen LogP contribution < -0.4 is 11.5 Å². The summed E-state index contributed by atoms with van der Waals surface area (Å²) in [6.45, 7) is 0. The van der Waals surface area contributed by atoms with Crippen LogP contribution in [0.4, 0.5) is 0 Å². The molecule has 2 nitrogen and oxygen atoms in total. The van der Waals surface area contributed by atoms with Crippen molar-refractivity contribution < 1.29 is 0 Å². The zero-order valence-electron chi connectivity index (χ0n) is 8.39. The van der Waals surface area contributed by atoms with Crippen LogP contribution >= 0.6 is 17.0 Å². The van der Waals surface area contributed by atoms with Gasteiger partial charge in [0.25, 0.3) is 0 Å². The highest BCUT2D eigenvalue weighted by Gasteiger charge is 2.24. The molecule has 2 rings (SSSR count). The van der Waals surface area contributed by atoms with Gasteiger partial charge in [-0.25, -0.2) is 0 Å². The molecule has 0 saturated heterocycles. The average Bonchev–Trinajstić information content (AvgIpc) is 2.24. The average molecular weight is 267 g/mol. The predicted molar refractivity (Wildman–Crippen MR) is 68.7 cm³/mol. The molecule has 0 aromatic heterocycles. The fourth-order valence-electron chi connectivity index (χ4n) is 1.63. The van der Waals surface area contributed by atoms with E-state index in [1.54, 1.807) is 0 Å². The van der Waals surface area contributed by atoms with E-state index in [0.29, 0.717) is 0 Å². The van der Waals surface area contributed by atoms with Crippen molar-refractivity contribution in [3.8, 4) is 0 Å². The maximum Gasteiger partial charge on any atom is 0.0634 e. The van der Waals surface area contributed by atoms with Crippen molar-refractivity contribution in [3.63, 3.8) is 0 Å². The van der Waals surface area contributed by atoms with E-state index < -0.39 is 0 Å². The Kier molecular flexibility index (Phi) is 3.72. The number of nitrogens with two attached hydrogens (primary N) is 2. The van der Waals surface area contributed by atoms with E-state index in [1.165, 1.54) is 0 Å². The molecule has 0 saturated carbocycles. The SMILES string of the molecule is Br.NC1=CCC(N)(c2ccccc2)C=C1. The van der Waals surface area contributed by atoms with Crippen LogP contribution in [0.3, 0.4) is 0 Å². The number of allylic oxidation sites excluding steroid dienone is 1. The zero-order valence-corrected chi connectivity index (χ0v) is 10.1. The van der Waals surface area contributed by atoms with E-state index in [2.05, 4.69) is 0 Å². The Bertz CT molecular complexity index is 384. The van der Waals surface area contributed by atoms with Crippen LogP contribution in [-0.4, -0.2) is 0 Å². The smallest absolute Gasteiger partial charge is 0.0634 e. The summed E-state index contributed by atoms with van der Waals surface area (Å²) in [4.78, 5) is 0. The third kappa shape index (κ3) is 2.49. The maximum absolute atomic E-state index is 6.26. The minimum Gasteiger partial charge on any atom is -0.399 e. The van der Waals surface area contributed by atoms with Crippen molar-refractivity contribution in [1.82, 2.24) is 0 Å². The first-order valence-electron chi connectivity index (χ1n) is 4.70. The summed E-state index contributed by atoms with van der Waals surface area (Å²) in [5.41, 5.74) is 13.4. The van der Waals surface area contributed by atoms with E-state index >= 15 is 0 Å². The Hall–Kier alpha value is -1.06. The second-order valence-corrected chi connectivity index (χ2v) is 3.65. The first-order chi connectivity index (χ1) is 6.71. The van der Waals surface area contributed by atoms with Crippen molar-refractivity contribution in [2.45, 2.75) is 12.0 Å². The normalized spacial score (nSPS) is 24.2. The zero-order chi connectivity index (χ0) is 10.0. The van der Waals surface area contributed by atoms with Crippen molar-refractivity contribution in [2.75, 3.05) is 0 Å². The summed E-state index contributed by atoms with van der Waals surface area (Å²) in [6, 6.07) is 10.1. The Morgan fingerprint density at radius 3 is 2.33 bits per heavy atom. The largest absolute Gasteiger partial charge is 0.399 e. The Balaban J connectivity index is 0.00000112. The first-order valence-corrected chi connectivity index (χ1v) is 4.70. The molecule has 1 aromatic carbocycles. The van der Waals surface area contributed by atoms with Crippen molar-refractivity contribution in [1.29, 1.82) is 0 Å². The van der Waals surface area contributed by atoms with Gasteiger partial charge in [0.2, 0.25) is 0 Å². The van der Waals surface area contributed by atoms with Gasteiger partial charge in [0.15, 0.2) is 0 Å². The van der Waals surface area contributed by atoms with Crippen LogP contribution in [0, 0.1) is 0 Å². The van der Waals surface area contributed by atoms with E-state index in [0.717, 1.165) is 17.7 Å². The highest BCUT2D eigenvalue weighted by molar-refractivity contribution is 8.93. The van der Waals surface area contributed by atoms with Crippen LogP contribution in [0.5, 0.6) is 0 Å². The minimum atomic E-state index is -0.385. The lowest BCUT2D eigenvalue weighted by molar-refractivity contribution is 0.562. The first kappa shape index (κ1) is 12.0. The molecule has 1 atom stereocenters. The fourth-order valence-corrected chi connectivity index (χ4v) is 1.63. The molecule has 1 aliphatic rings. The summed E-state index contributed by atoms with van der Waals surface area (Å²) in [6.07, 6.45) is 6.57. The summed E-state index contributed by atoms with van der Waals surface area (Å²) in [5.74, 6) is 0. The third-order valence-corrected chi connectivity index (χ3v) is 2.56. The predicted octanol–water partition coefficient (Wildman–Crippen LogP) is 2.22. The molecule has 4 N–H and O–H groups in total. The summed E-state index contributed by atoms with van der Waals surface area (Å²) >= 11 is 0. The quantitative estimate of drug-likeness (QED) is 0.819. The summed E-state index contributed by atoms with van der Waals surface area (Å²) in [5, 5.41) is 0. The van der Waals surface area contributed by atoms with Gasteiger partial charge in [-0.15, -0.1) is 17.0 Å². The fraction of sp³-hybridized carbons (Fsp3) is 0.167. The van der Waals surface area contributed by atoms with Gasteiger partial charge in [-0.1, -0.05) is 42.5 Å². The Morgan fingerprint density at radius 1 is 1.13 bits per heavy atom. The van der Waals surface area contributed by atoms with Crippen LogP contribution in [0.25, 0.3) is 0 Å². The summed E-state index contributed by atoms with van der Waals surface area (Å²) in [7, 11) is 0. The summed E-state index contributed by atoms with van der Waals surface area (Å²) < 4.78 is 0. The lowest BCUT2D eigenvalue weighted by Crippen LogP contribution is -2.35. The molecule has 3 heteroatoms. The second kappa shape index (κ2) is 4.64. The van der Waals surface area contributed by atoms with Gasteiger partial charge in [-0.2, -0.15) is 0 Å². The van der Waals surface area contributed by atoms with Gasteiger partial charge in [0.05, 0.1) is 5.54 Å². The van der Waals surface area contributed by atoms with Gasteiger partial charge in [-0.3, -0.25) is 0 Å². The maximum atomic E-state index is 6.26. The van der Waals surface area contributed by atoms with Gasteiger partial charge >= 0.3 is 0 Å². The van der Waals surface area contributed by atoms with Crippen molar-refractivity contribution in [2.24, 2.45) is 11.5 Å². The van der Waals surface area contributed by atoms with Gasteiger partial charge < -0.3 is 11.5 Å². The number of hydrogen-bond donors (Lipinski definition) is 2. The third-order valence-electron chi connectivity index (χ3n) is 2.56. The molecular formula is C12H15BrN2. The van der Waals surface area contributed by atoms with Crippen molar-refractivity contribution >= 4 is 17.0 Å². The van der Waals surface area contributed by atoms with Gasteiger partial charge in [0, 0.05) is 5.70 Å². The minimum absolute atomic E-state index is 0. The van der Waals surface area contributed by atoms with Gasteiger partial charge in [0.1, 0.15) is 0 Å². The van der Waals surface area contributed by atoms with Crippen molar-refractivity contribution in [3.05, 3.63) is 59.8 Å². The highest BCUT2D eigenvalue weighted by Crippen LogP contribution is 2.27. The van der Waals surface area contributed by atoms with E-state index in [4.69, 9.17) is 11.5 Å². The number of halogens is 1. The topological polar surface area (TPSA) is 52.0 Å². The molecule has 0 spiro atoms. The number of hydrogen-bond acceptors (Lipinski definition) is 2. The molecule has 0 amide bonds. The van der Waals surface area contributed by atoms with Crippen LogP contribution in [-0.2, 0) is 5.54 Å².